The van der Waals surface area contributed by atoms with E-state index in [4.69, 9.17) is 4.74 Å². The second-order valence-electron chi connectivity index (χ2n) is 7.66. The number of benzene rings is 1. The van der Waals surface area contributed by atoms with E-state index >= 15 is 0 Å². The van der Waals surface area contributed by atoms with Crippen LogP contribution >= 0.6 is 0 Å². The van der Waals surface area contributed by atoms with Crippen LogP contribution in [0.2, 0.25) is 0 Å². The molecule has 0 spiro atoms. The van der Waals surface area contributed by atoms with Crippen molar-refractivity contribution in [2.75, 3.05) is 46.4 Å². The summed E-state index contributed by atoms with van der Waals surface area (Å²) < 4.78 is 5.14. The summed E-state index contributed by atoms with van der Waals surface area (Å²) in [4.78, 5) is 29.0. The van der Waals surface area contributed by atoms with E-state index < -0.39 is 0 Å². The van der Waals surface area contributed by atoms with Crippen molar-refractivity contribution in [2.24, 2.45) is 5.92 Å². The Bertz CT molecular complexity index is 626. The molecule has 1 N–H and O–H groups in total. The van der Waals surface area contributed by atoms with Gasteiger partial charge in [-0.25, -0.2) is 0 Å². The highest BCUT2D eigenvalue weighted by molar-refractivity contribution is 5.79. The standard InChI is InChI=1S/C21H31N3O3/c1-27-19-8-6-17(7-9-19)13-20(25)22-14-18-5-4-12-24(15-18)21(26)16-23-10-2-3-11-23/h6-9,18H,2-5,10-16H2,1H3,(H,22,25)/t18-/m0/s1. The fourth-order valence-corrected chi connectivity index (χ4v) is 3.94. The Balaban J connectivity index is 1.40. The third-order valence-electron chi connectivity index (χ3n) is 5.54. The predicted molar refractivity (Wildman–Crippen MR) is 105 cm³/mol. The van der Waals surface area contributed by atoms with Gasteiger partial charge < -0.3 is 15.0 Å². The van der Waals surface area contributed by atoms with Gasteiger partial charge in [0.15, 0.2) is 0 Å². The zero-order valence-corrected chi connectivity index (χ0v) is 16.3. The number of nitrogens with zero attached hydrogens (tertiary/aromatic N) is 2. The number of likely N-dealkylation sites (tertiary alicyclic amines) is 2. The van der Waals surface area contributed by atoms with Gasteiger partial charge in [-0.2, -0.15) is 0 Å². The number of hydrogen-bond acceptors (Lipinski definition) is 4. The molecule has 3 rings (SSSR count). The summed E-state index contributed by atoms with van der Waals surface area (Å²) in [6, 6.07) is 7.57. The molecule has 1 aromatic carbocycles. The van der Waals surface area contributed by atoms with E-state index in [9.17, 15) is 9.59 Å². The minimum atomic E-state index is 0.0284. The third kappa shape index (κ3) is 5.96. The van der Waals surface area contributed by atoms with E-state index in [2.05, 4.69) is 10.2 Å². The molecule has 1 aromatic rings. The van der Waals surface area contributed by atoms with Crippen molar-refractivity contribution in [3.05, 3.63) is 29.8 Å². The van der Waals surface area contributed by atoms with Crippen LogP contribution in [0.3, 0.4) is 0 Å². The molecule has 0 radical (unpaired) electrons. The summed E-state index contributed by atoms with van der Waals surface area (Å²) in [6.07, 6.45) is 4.86. The Morgan fingerprint density at radius 1 is 1.11 bits per heavy atom. The minimum absolute atomic E-state index is 0.0284. The van der Waals surface area contributed by atoms with Gasteiger partial charge in [-0.15, -0.1) is 0 Å². The molecule has 6 nitrogen and oxygen atoms in total. The van der Waals surface area contributed by atoms with E-state index in [1.54, 1.807) is 7.11 Å². The molecule has 2 aliphatic heterocycles. The van der Waals surface area contributed by atoms with Crippen LogP contribution in [0.15, 0.2) is 24.3 Å². The number of ether oxygens (including phenoxy) is 1. The zero-order valence-electron chi connectivity index (χ0n) is 16.3. The summed E-state index contributed by atoms with van der Waals surface area (Å²) >= 11 is 0. The first-order valence-electron chi connectivity index (χ1n) is 10.0. The van der Waals surface area contributed by atoms with E-state index in [-0.39, 0.29) is 11.8 Å². The van der Waals surface area contributed by atoms with Crippen molar-refractivity contribution in [3.8, 4) is 5.75 Å². The van der Waals surface area contributed by atoms with Gasteiger partial charge >= 0.3 is 0 Å². The monoisotopic (exact) mass is 373 g/mol. The number of hydrogen-bond donors (Lipinski definition) is 1. The summed E-state index contributed by atoms with van der Waals surface area (Å²) in [5.41, 5.74) is 0.972. The van der Waals surface area contributed by atoms with Crippen molar-refractivity contribution in [1.29, 1.82) is 0 Å². The first kappa shape index (κ1) is 19.7. The van der Waals surface area contributed by atoms with Crippen LogP contribution in [-0.2, 0) is 16.0 Å². The van der Waals surface area contributed by atoms with Crippen molar-refractivity contribution in [1.82, 2.24) is 15.1 Å². The summed E-state index contributed by atoms with van der Waals surface area (Å²) in [5, 5.41) is 3.04. The zero-order chi connectivity index (χ0) is 19.1. The van der Waals surface area contributed by atoms with E-state index in [1.165, 1.54) is 12.8 Å². The molecule has 27 heavy (non-hydrogen) atoms. The lowest BCUT2D eigenvalue weighted by Crippen LogP contribution is -2.47. The van der Waals surface area contributed by atoms with Crippen LogP contribution in [0.4, 0.5) is 0 Å². The van der Waals surface area contributed by atoms with Gasteiger partial charge in [0.25, 0.3) is 0 Å². The largest absolute Gasteiger partial charge is 0.497 e. The van der Waals surface area contributed by atoms with Crippen molar-refractivity contribution in [3.63, 3.8) is 0 Å². The molecule has 0 unspecified atom stereocenters. The Kier molecular flexibility index (Phi) is 7.10. The Morgan fingerprint density at radius 2 is 1.85 bits per heavy atom. The lowest BCUT2D eigenvalue weighted by molar-refractivity contribution is -0.134. The van der Waals surface area contributed by atoms with Crippen LogP contribution in [0, 0.1) is 5.92 Å². The number of rotatable bonds is 7. The topological polar surface area (TPSA) is 61.9 Å². The average Bonchev–Trinajstić information content (AvgIpc) is 3.20. The summed E-state index contributed by atoms with van der Waals surface area (Å²) in [7, 11) is 1.63. The first-order valence-corrected chi connectivity index (χ1v) is 10.0. The van der Waals surface area contributed by atoms with Gasteiger partial charge in [-0.3, -0.25) is 14.5 Å². The molecule has 2 saturated heterocycles. The molecule has 2 heterocycles. The van der Waals surface area contributed by atoms with Crippen molar-refractivity contribution < 1.29 is 14.3 Å². The van der Waals surface area contributed by atoms with Gasteiger partial charge in [0.1, 0.15) is 5.75 Å². The number of carbonyl (C=O) groups excluding carboxylic acids is 2. The number of nitrogens with one attached hydrogen (secondary N) is 1. The normalized spacial score (nSPS) is 20.5. The highest BCUT2D eigenvalue weighted by Crippen LogP contribution is 2.17. The Hall–Kier alpha value is -2.08. The number of methoxy groups -OCH3 is 1. The third-order valence-corrected chi connectivity index (χ3v) is 5.54. The van der Waals surface area contributed by atoms with Gasteiger partial charge in [0.2, 0.25) is 11.8 Å². The molecular weight excluding hydrogens is 342 g/mol. The lowest BCUT2D eigenvalue weighted by atomic mass is 9.97. The number of piperidine rings is 1. The van der Waals surface area contributed by atoms with Crippen molar-refractivity contribution >= 4 is 11.8 Å². The SMILES string of the molecule is COc1ccc(CC(=O)NC[C@@H]2CCCN(C(=O)CN3CCCC3)C2)cc1. The van der Waals surface area contributed by atoms with Crippen LogP contribution in [-0.4, -0.2) is 68.0 Å². The molecule has 6 heteroatoms. The maximum atomic E-state index is 12.5. The highest BCUT2D eigenvalue weighted by Gasteiger charge is 2.25. The lowest BCUT2D eigenvalue weighted by Gasteiger charge is -2.34. The molecular formula is C21H31N3O3. The molecule has 148 valence electrons. The second-order valence-corrected chi connectivity index (χ2v) is 7.66. The first-order chi connectivity index (χ1) is 13.1. The fourth-order valence-electron chi connectivity index (χ4n) is 3.94. The molecule has 1 atom stereocenters. The quantitative estimate of drug-likeness (QED) is 0.790. The van der Waals surface area contributed by atoms with Gasteiger partial charge in [0.05, 0.1) is 20.1 Å². The molecule has 0 aliphatic carbocycles. The average molecular weight is 373 g/mol. The van der Waals surface area contributed by atoms with Crippen LogP contribution in [0.25, 0.3) is 0 Å². The maximum Gasteiger partial charge on any atom is 0.236 e. The van der Waals surface area contributed by atoms with Crippen LogP contribution in [0.1, 0.15) is 31.2 Å². The Labute approximate surface area is 161 Å². The molecule has 2 fully saturated rings. The fraction of sp³-hybridized carbons (Fsp3) is 0.619. The molecule has 2 aliphatic rings. The number of amides is 2. The maximum absolute atomic E-state index is 12.5. The van der Waals surface area contributed by atoms with Gasteiger partial charge in [-0.05, 0) is 62.4 Å². The van der Waals surface area contributed by atoms with Gasteiger partial charge in [-0.1, -0.05) is 12.1 Å². The van der Waals surface area contributed by atoms with Gasteiger partial charge in [0, 0.05) is 19.6 Å². The molecule has 0 aromatic heterocycles. The van der Waals surface area contributed by atoms with Crippen LogP contribution < -0.4 is 10.1 Å². The molecule has 2 amide bonds. The molecule has 0 bridgehead atoms. The number of carbonyl (C=O) groups is 2. The second kappa shape index (κ2) is 9.74. The molecule has 0 saturated carbocycles. The van der Waals surface area contributed by atoms with Crippen molar-refractivity contribution in [2.45, 2.75) is 32.1 Å². The van der Waals surface area contributed by atoms with E-state index in [0.717, 1.165) is 50.3 Å². The highest BCUT2D eigenvalue weighted by atomic mass is 16.5. The predicted octanol–water partition coefficient (Wildman–Crippen LogP) is 1.69. The van der Waals surface area contributed by atoms with Crippen LogP contribution in [0.5, 0.6) is 5.75 Å². The minimum Gasteiger partial charge on any atom is -0.497 e. The smallest absolute Gasteiger partial charge is 0.236 e. The van der Waals surface area contributed by atoms with E-state index in [1.807, 2.05) is 29.2 Å². The summed E-state index contributed by atoms with van der Waals surface area (Å²) in [5.74, 6) is 1.41. The summed E-state index contributed by atoms with van der Waals surface area (Å²) in [6.45, 7) is 4.90. The Morgan fingerprint density at radius 3 is 2.56 bits per heavy atom. The van der Waals surface area contributed by atoms with E-state index in [0.29, 0.717) is 25.4 Å².